The molecule has 128 valence electrons. The largest absolute Gasteiger partial charge is 0.339 e. The van der Waals surface area contributed by atoms with Crippen molar-refractivity contribution in [2.24, 2.45) is 0 Å². The molecule has 1 heterocycles. The third-order valence-electron chi connectivity index (χ3n) is 3.33. The molecule has 0 aliphatic heterocycles. The first-order chi connectivity index (χ1) is 12.6. The fraction of sp³-hybridized carbons (Fsp3) is 0. The van der Waals surface area contributed by atoms with Gasteiger partial charge in [0.25, 0.3) is 5.91 Å². The number of benzene rings is 2. The highest BCUT2D eigenvalue weighted by molar-refractivity contribution is 6.31. The highest BCUT2D eigenvalue weighted by Gasteiger charge is 2.18. The highest BCUT2D eigenvalue weighted by Crippen LogP contribution is 2.18. The van der Waals surface area contributed by atoms with Gasteiger partial charge in [-0.3, -0.25) is 10.2 Å². The van der Waals surface area contributed by atoms with Crippen molar-refractivity contribution >= 4 is 34.8 Å². The second kappa shape index (κ2) is 7.46. The van der Waals surface area contributed by atoms with Gasteiger partial charge in [0.1, 0.15) is 0 Å². The number of carbonyl (C=O) groups is 1. The number of nitrogens with one attached hydrogen (secondary N) is 3. The number of hydrogen-bond donors (Lipinski definition) is 3. The first-order valence-corrected chi connectivity index (χ1v) is 7.70. The quantitative estimate of drug-likeness (QED) is 0.480. The maximum absolute atomic E-state index is 12.3. The lowest BCUT2D eigenvalue weighted by Gasteiger charge is -2.07. The van der Waals surface area contributed by atoms with Crippen molar-refractivity contribution in [1.82, 2.24) is 10.3 Å². The Morgan fingerprint density at radius 2 is 1.92 bits per heavy atom. The minimum absolute atomic E-state index is 0.00103. The fourth-order valence-electron chi connectivity index (χ4n) is 2.08. The number of carbonyl (C=O) groups excluding carboxylic acids is 1. The molecule has 3 aromatic rings. The number of nitriles is 1. The zero-order valence-corrected chi connectivity index (χ0v) is 13.9. The van der Waals surface area contributed by atoms with Crippen molar-refractivity contribution in [1.29, 1.82) is 10.7 Å². The van der Waals surface area contributed by atoms with E-state index in [9.17, 15) is 4.79 Å². The molecule has 3 N–H and O–H groups in total. The predicted octanol–water partition coefficient (Wildman–Crippen LogP) is 3.28. The molecule has 0 saturated carbocycles. The smallest absolute Gasteiger partial charge is 0.256 e. The summed E-state index contributed by atoms with van der Waals surface area (Å²) in [4.78, 5) is 12.3. The molecule has 26 heavy (non-hydrogen) atoms. The number of amides is 1. The number of aromatic nitrogens is 2. The molecule has 0 radical (unpaired) electrons. The van der Waals surface area contributed by atoms with E-state index in [1.54, 1.807) is 24.3 Å². The third kappa shape index (κ3) is 3.85. The maximum Gasteiger partial charge on any atom is 0.256 e. The summed E-state index contributed by atoms with van der Waals surface area (Å²) in [5, 5.41) is 30.0. The molecule has 0 unspecified atom stereocenters. The monoisotopic (exact) mass is 366 g/mol. The SMILES string of the molecule is N#Cc1ccc(C(=O)Nc2nonc2C(=N)Nc2cccc(Cl)c2)cc1. The van der Waals surface area contributed by atoms with E-state index in [0.717, 1.165) is 0 Å². The van der Waals surface area contributed by atoms with Crippen LogP contribution in [0.15, 0.2) is 53.2 Å². The Bertz CT molecular complexity index is 1010. The van der Waals surface area contributed by atoms with Crippen LogP contribution in [-0.2, 0) is 0 Å². The van der Waals surface area contributed by atoms with Crippen LogP contribution < -0.4 is 10.6 Å². The van der Waals surface area contributed by atoms with E-state index in [-0.39, 0.29) is 17.3 Å². The minimum Gasteiger partial charge on any atom is -0.339 e. The van der Waals surface area contributed by atoms with Crippen LogP contribution in [0, 0.1) is 16.7 Å². The summed E-state index contributed by atoms with van der Waals surface area (Å²) >= 11 is 5.91. The molecule has 1 aromatic heterocycles. The molecule has 0 aliphatic rings. The Kier molecular flexibility index (Phi) is 4.92. The van der Waals surface area contributed by atoms with Crippen molar-refractivity contribution in [2.75, 3.05) is 10.6 Å². The average molecular weight is 367 g/mol. The van der Waals surface area contributed by atoms with E-state index in [1.807, 2.05) is 6.07 Å². The summed E-state index contributed by atoms with van der Waals surface area (Å²) < 4.78 is 4.64. The molecule has 0 fully saturated rings. The summed E-state index contributed by atoms with van der Waals surface area (Å²) in [6, 6.07) is 14.8. The molecule has 0 bridgehead atoms. The van der Waals surface area contributed by atoms with Gasteiger partial charge in [-0.2, -0.15) is 5.26 Å². The van der Waals surface area contributed by atoms with Crippen molar-refractivity contribution < 1.29 is 9.42 Å². The van der Waals surface area contributed by atoms with Gasteiger partial charge >= 0.3 is 0 Å². The van der Waals surface area contributed by atoms with Crippen LogP contribution in [-0.4, -0.2) is 22.1 Å². The lowest BCUT2D eigenvalue weighted by Crippen LogP contribution is -2.18. The van der Waals surface area contributed by atoms with Crippen LogP contribution >= 0.6 is 11.6 Å². The lowest BCUT2D eigenvalue weighted by atomic mass is 10.1. The third-order valence-corrected chi connectivity index (χ3v) is 3.56. The van der Waals surface area contributed by atoms with Crippen LogP contribution in [0.25, 0.3) is 0 Å². The second-order valence-corrected chi connectivity index (χ2v) is 5.55. The fourth-order valence-corrected chi connectivity index (χ4v) is 2.27. The van der Waals surface area contributed by atoms with Crippen LogP contribution in [0.1, 0.15) is 21.6 Å². The molecule has 2 aromatic carbocycles. The van der Waals surface area contributed by atoms with Gasteiger partial charge < -0.3 is 10.6 Å². The molecule has 8 nitrogen and oxygen atoms in total. The molecule has 3 rings (SSSR count). The van der Waals surface area contributed by atoms with E-state index >= 15 is 0 Å². The summed E-state index contributed by atoms with van der Waals surface area (Å²) in [6.07, 6.45) is 0. The first-order valence-electron chi connectivity index (χ1n) is 7.32. The Morgan fingerprint density at radius 1 is 1.15 bits per heavy atom. The van der Waals surface area contributed by atoms with Crippen molar-refractivity contribution in [3.8, 4) is 6.07 Å². The molecule has 1 amide bonds. The predicted molar refractivity (Wildman–Crippen MR) is 95.3 cm³/mol. The van der Waals surface area contributed by atoms with Gasteiger partial charge in [0.15, 0.2) is 11.5 Å². The minimum atomic E-state index is -0.470. The topological polar surface area (TPSA) is 128 Å². The Hall–Kier alpha value is -3.70. The summed E-state index contributed by atoms with van der Waals surface area (Å²) in [5.41, 5.74) is 1.38. The molecular weight excluding hydrogens is 356 g/mol. The number of amidine groups is 1. The molecule has 0 spiro atoms. The summed E-state index contributed by atoms with van der Waals surface area (Å²) in [5.74, 6) is -0.593. The van der Waals surface area contributed by atoms with Crippen LogP contribution in [0.3, 0.4) is 0 Å². The van der Waals surface area contributed by atoms with Crippen molar-refractivity contribution in [2.45, 2.75) is 0 Å². The van der Waals surface area contributed by atoms with Crippen molar-refractivity contribution in [3.05, 3.63) is 70.4 Å². The molecule has 9 heteroatoms. The molecule has 0 aliphatic carbocycles. The van der Waals surface area contributed by atoms with E-state index in [0.29, 0.717) is 21.8 Å². The van der Waals surface area contributed by atoms with Gasteiger partial charge in [-0.25, -0.2) is 4.63 Å². The standard InChI is InChI=1S/C17H11ClN6O2/c18-12-2-1-3-13(8-12)21-15(20)14-16(24-26-23-14)22-17(25)11-6-4-10(9-19)5-7-11/h1-8H,(H2,20,21)(H,22,24,25). The number of anilines is 2. The Morgan fingerprint density at radius 3 is 2.62 bits per heavy atom. The maximum atomic E-state index is 12.3. The van der Waals surface area contributed by atoms with Crippen molar-refractivity contribution in [3.63, 3.8) is 0 Å². The number of hydrogen-bond acceptors (Lipinski definition) is 6. The highest BCUT2D eigenvalue weighted by atomic mass is 35.5. The first kappa shape index (κ1) is 17.1. The van der Waals surface area contributed by atoms with Gasteiger partial charge in [-0.05, 0) is 52.8 Å². The van der Waals surface area contributed by atoms with E-state index in [2.05, 4.69) is 25.6 Å². The van der Waals surface area contributed by atoms with Crippen LogP contribution in [0.5, 0.6) is 0 Å². The average Bonchev–Trinajstić information content (AvgIpc) is 3.10. The van der Waals surface area contributed by atoms with E-state index in [1.165, 1.54) is 24.3 Å². The Balaban J connectivity index is 1.74. The normalized spacial score (nSPS) is 10.0. The lowest BCUT2D eigenvalue weighted by molar-refractivity contribution is 0.102. The number of nitrogens with zero attached hydrogens (tertiary/aromatic N) is 3. The van der Waals surface area contributed by atoms with Gasteiger partial charge in [-0.1, -0.05) is 17.7 Å². The summed E-state index contributed by atoms with van der Waals surface area (Å²) in [7, 11) is 0. The second-order valence-electron chi connectivity index (χ2n) is 5.12. The zero-order valence-electron chi connectivity index (χ0n) is 13.2. The van der Waals surface area contributed by atoms with Gasteiger partial charge in [0, 0.05) is 16.3 Å². The van der Waals surface area contributed by atoms with Crippen LogP contribution in [0.4, 0.5) is 11.5 Å². The van der Waals surface area contributed by atoms with Gasteiger partial charge in [0.05, 0.1) is 11.6 Å². The molecular formula is C17H11ClN6O2. The van der Waals surface area contributed by atoms with Crippen LogP contribution in [0.2, 0.25) is 5.02 Å². The summed E-state index contributed by atoms with van der Waals surface area (Å²) in [6.45, 7) is 0. The van der Waals surface area contributed by atoms with Gasteiger partial charge in [-0.15, -0.1) is 0 Å². The number of halogens is 1. The molecule has 0 saturated heterocycles. The van der Waals surface area contributed by atoms with E-state index in [4.69, 9.17) is 22.3 Å². The molecule has 0 atom stereocenters. The Labute approximate surface area is 152 Å². The zero-order chi connectivity index (χ0) is 18.5. The van der Waals surface area contributed by atoms with E-state index < -0.39 is 5.91 Å². The number of rotatable bonds is 4. The van der Waals surface area contributed by atoms with Gasteiger partial charge in [0.2, 0.25) is 5.82 Å².